The second-order valence-electron chi connectivity index (χ2n) is 6.29. The number of carbonyl (C=O) groups excluding carboxylic acids is 1. The van der Waals surface area contributed by atoms with Crippen molar-refractivity contribution in [3.05, 3.63) is 34.3 Å². The molecule has 1 aliphatic rings. The van der Waals surface area contributed by atoms with E-state index in [1.165, 1.54) is 0 Å². The van der Waals surface area contributed by atoms with Crippen molar-refractivity contribution in [1.82, 2.24) is 10.2 Å². The second kappa shape index (κ2) is 6.90. The van der Waals surface area contributed by atoms with Gasteiger partial charge in [0.1, 0.15) is 0 Å². The standard InChI is InChI=1S/C16H24BrN3O/c1-16(2,12-3-5-13(17)6-4-12)19-15(21)11-20-9-7-14(18)8-10-20/h3-6,14H,7-11,18H2,1-2H3,(H,19,21). The molecular weight excluding hydrogens is 330 g/mol. The van der Waals surface area contributed by atoms with E-state index in [0.29, 0.717) is 12.6 Å². The molecular formula is C16H24BrN3O. The van der Waals surface area contributed by atoms with Crippen LogP contribution in [0.5, 0.6) is 0 Å². The molecule has 1 aromatic carbocycles. The lowest BCUT2D eigenvalue weighted by Crippen LogP contribution is -2.48. The zero-order chi connectivity index (χ0) is 15.5. The molecule has 0 unspecified atom stereocenters. The van der Waals surface area contributed by atoms with Crippen LogP contribution in [0.2, 0.25) is 0 Å². The zero-order valence-electron chi connectivity index (χ0n) is 12.7. The topological polar surface area (TPSA) is 58.4 Å². The zero-order valence-corrected chi connectivity index (χ0v) is 14.3. The van der Waals surface area contributed by atoms with Gasteiger partial charge in [-0.15, -0.1) is 0 Å². The molecule has 0 spiro atoms. The quantitative estimate of drug-likeness (QED) is 0.872. The number of nitrogens with two attached hydrogens (primary N) is 1. The summed E-state index contributed by atoms with van der Waals surface area (Å²) in [6, 6.07) is 8.35. The van der Waals surface area contributed by atoms with Gasteiger partial charge in [-0.2, -0.15) is 0 Å². The predicted molar refractivity (Wildman–Crippen MR) is 89.0 cm³/mol. The highest BCUT2D eigenvalue weighted by atomic mass is 79.9. The molecule has 21 heavy (non-hydrogen) atoms. The Morgan fingerprint density at radius 3 is 2.48 bits per heavy atom. The van der Waals surface area contributed by atoms with Crippen LogP contribution >= 0.6 is 15.9 Å². The number of amides is 1. The van der Waals surface area contributed by atoms with Gasteiger partial charge in [0.15, 0.2) is 0 Å². The van der Waals surface area contributed by atoms with Crippen LogP contribution in [0.1, 0.15) is 32.3 Å². The number of nitrogens with zero attached hydrogens (tertiary/aromatic N) is 1. The lowest BCUT2D eigenvalue weighted by Gasteiger charge is -2.32. The minimum atomic E-state index is -0.371. The molecule has 0 saturated carbocycles. The highest BCUT2D eigenvalue weighted by Gasteiger charge is 2.25. The third-order valence-corrected chi connectivity index (χ3v) is 4.55. The highest BCUT2D eigenvalue weighted by molar-refractivity contribution is 9.10. The van der Waals surface area contributed by atoms with Crippen LogP contribution in [0.25, 0.3) is 0 Å². The van der Waals surface area contributed by atoms with Crippen molar-refractivity contribution in [2.75, 3.05) is 19.6 Å². The Hall–Kier alpha value is -0.910. The second-order valence-corrected chi connectivity index (χ2v) is 7.21. The molecule has 1 amide bonds. The van der Waals surface area contributed by atoms with Crippen LogP contribution in [0, 0.1) is 0 Å². The van der Waals surface area contributed by atoms with Crippen LogP contribution in [0.4, 0.5) is 0 Å². The Labute approximate surface area is 135 Å². The van der Waals surface area contributed by atoms with Crippen LogP contribution in [-0.4, -0.2) is 36.5 Å². The smallest absolute Gasteiger partial charge is 0.234 e. The number of hydrogen-bond donors (Lipinski definition) is 2. The molecule has 5 heteroatoms. The summed E-state index contributed by atoms with van der Waals surface area (Å²) in [6.45, 7) is 6.33. The van der Waals surface area contributed by atoms with Crippen LogP contribution < -0.4 is 11.1 Å². The Bertz CT molecular complexity index is 479. The molecule has 0 aromatic heterocycles. The average Bonchev–Trinajstić information content (AvgIpc) is 2.41. The van der Waals surface area contributed by atoms with Crippen molar-refractivity contribution in [1.29, 1.82) is 0 Å². The molecule has 0 radical (unpaired) electrons. The largest absolute Gasteiger partial charge is 0.346 e. The molecule has 116 valence electrons. The number of nitrogens with one attached hydrogen (secondary N) is 1. The first kappa shape index (κ1) is 16.5. The number of benzene rings is 1. The number of piperidine rings is 1. The van der Waals surface area contributed by atoms with E-state index in [1.807, 2.05) is 38.1 Å². The molecule has 1 aliphatic heterocycles. The van der Waals surface area contributed by atoms with E-state index in [2.05, 4.69) is 26.1 Å². The predicted octanol–water partition coefficient (Wildman–Crippen LogP) is 2.22. The van der Waals surface area contributed by atoms with Gasteiger partial charge < -0.3 is 11.1 Å². The van der Waals surface area contributed by atoms with E-state index in [4.69, 9.17) is 5.73 Å². The maximum atomic E-state index is 12.3. The number of halogens is 1. The molecule has 4 nitrogen and oxygen atoms in total. The lowest BCUT2D eigenvalue weighted by atomic mass is 9.94. The van der Waals surface area contributed by atoms with Gasteiger partial charge in [-0.1, -0.05) is 28.1 Å². The fraction of sp³-hybridized carbons (Fsp3) is 0.562. The average molecular weight is 354 g/mol. The first-order valence-corrected chi connectivity index (χ1v) is 8.21. The number of rotatable bonds is 4. The molecule has 0 aliphatic carbocycles. The fourth-order valence-corrected chi connectivity index (χ4v) is 2.91. The molecule has 1 heterocycles. The first-order valence-electron chi connectivity index (χ1n) is 7.42. The van der Waals surface area contributed by atoms with Crippen molar-refractivity contribution in [3.8, 4) is 0 Å². The number of hydrogen-bond acceptors (Lipinski definition) is 3. The summed E-state index contributed by atoms with van der Waals surface area (Å²) in [5.41, 5.74) is 6.61. The Morgan fingerprint density at radius 1 is 1.33 bits per heavy atom. The number of likely N-dealkylation sites (tertiary alicyclic amines) is 1. The van der Waals surface area contributed by atoms with Crippen molar-refractivity contribution < 1.29 is 4.79 Å². The van der Waals surface area contributed by atoms with E-state index in [1.54, 1.807) is 0 Å². The summed E-state index contributed by atoms with van der Waals surface area (Å²) in [5.74, 6) is 0.0680. The third-order valence-electron chi connectivity index (χ3n) is 4.02. The third kappa shape index (κ3) is 4.80. The minimum absolute atomic E-state index is 0.0680. The van der Waals surface area contributed by atoms with Crippen LogP contribution in [0.15, 0.2) is 28.7 Å². The summed E-state index contributed by atoms with van der Waals surface area (Å²) >= 11 is 3.43. The van der Waals surface area contributed by atoms with Crippen molar-refractivity contribution >= 4 is 21.8 Å². The van der Waals surface area contributed by atoms with E-state index in [9.17, 15) is 4.79 Å². The Morgan fingerprint density at radius 2 is 1.90 bits per heavy atom. The van der Waals surface area contributed by atoms with Crippen LogP contribution in [0.3, 0.4) is 0 Å². The first-order chi connectivity index (χ1) is 9.87. The number of carbonyl (C=O) groups is 1. The Kier molecular flexibility index (Phi) is 5.41. The maximum Gasteiger partial charge on any atom is 0.234 e. The summed E-state index contributed by atoms with van der Waals surface area (Å²) in [6.07, 6.45) is 1.95. The van der Waals surface area contributed by atoms with Gasteiger partial charge in [0.2, 0.25) is 5.91 Å². The molecule has 0 bridgehead atoms. The highest BCUT2D eigenvalue weighted by Crippen LogP contribution is 2.22. The monoisotopic (exact) mass is 353 g/mol. The summed E-state index contributed by atoms with van der Waals surface area (Å²) < 4.78 is 1.04. The fourth-order valence-electron chi connectivity index (χ4n) is 2.64. The van der Waals surface area contributed by atoms with Gasteiger partial charge in [-0.25, -0.2) is 0 Å². The molecule has 1 saturated heterocycles. The summed E-state index contributed by atoms with van der Waals surface area (Å²) in [4.78, 5) is 14.4. The summed E-state index contributed by atoms with van der Waals surface area (Å²) in [7, 11) is 0. The van der Waals surface area contributed by atoms with E-state index >= 15 is 0 Å². The van der Waals surface area contributed by atoms with Gasteiger partial charge in [0.05, 0.1) is 12.1 Å². The van der Waals surface area contributed by atoms with E-state index < -0.39 is 0 Å². The molecule has 1 fully saturated rings. The molecule has 0 atom stereocenters. The van der Waals surface area contributed by atoms with Crippen molar-refractivity contribution in [2.24, 2.45) is 5.73 Å². The van der Waals surface area contributed by atoms with E-state index in [-0.39, 0.29) is 11.4 Å². The maximum absolute atomic E-state index is 12.3. The molecule has 2 rings (SSSR count). The molecule has 3 N–H and O–H groups in total. The van der Waals surface area contributed by atoms with Gasteiger partial charge >= 0.3 is 0 Å². The normalized spacial score (nSPS) is 17.7. The van der Waals surface area contributed by atoms with Gasteiger partial charge in [0, 0.05) is 23.6 Å². The van der Waals surface area contributed by atoms with Crippen molar-refractivity contribution in [3.63, 3.8) is 0 Å². The van der Waals surface area contributed by atoms with Gasteiger partial charge in [0.25, 0.3) is 0 Å². The van der Waals surface area contributed by atoms with Crippen LogP contribution in [-0.2, 0) is 10.3 Å². The summed E-state index contributed by atoms with van der Waals surface area (Å²) in [5, 5.41) is 3.12. The van der Waals surface area contributed by atoms with Crippen molar-refractivity contribution in [2.45, 2.75) is 38.3 Å². The van der Waals surface area contributed by atoms with Gasteiger partial charge in [-0.05, 0) is 44.4 Å². The minimum Gasteiger partial charge on any atom is -0.346 e. The SMILES string of the molecule is CC(C)(NC(=O)CN1CCC(N)CC1)c1ccc(Br)cc1. The molecule has 1 aromatic rings. The lowest BCUT2D eigenvalue weighted by molar-refractivity contribution is -0.124. The Balaban J connectivity index is 1.90. The van der Waals surface area contributed by atoms with E-state index in [0.717, 1.165) is 36.0 Å². The van der Waals surface area contributed by atoms with Gasteiger partial charge in [-0.3, -0.25) is 9.69 Å².